The van der Waals surface area contributed by atoms with Gasteiger partial charge in [0.1, 0.15) is 5.69 Å². The molecule has 1 N–H and O–H groups in total. The van der Waals surface area contributed by atoms with E-state index in [1.807, 2.05) is 12.1 Å². The lowest BCUT2D eigenvalue weighted by molar-refractivity contribution is 0.101. The number of nitrogens with one attached hydrogen (secondary N) is 1. The van der Waals surface area contributed by atoms with Crippen LogP contribution in [0.15, 0.2) is 59.4 Å². The van der Waals surface area contributed by atoms with Gasteiger partial charge in [-0.1, -0.05) is 30.2 Å². The number of amides is 1. The second-order valence-corrected chi connectivity index (χ2v) is 5.32. The van der Waals surface area contributed by atoms with Crippen molar-refractivity contribution in [2.45, 2.75) is 6.54 Å². The summed E-state index contributed by atoms with van der Waals surface area (Å²) in [4.78, 5) is 25.4. The average molecular weight is 327 g/mol. The van der Waals surface area contributed by atoms with Gasteiger partial charge in [0, 0.05) is 16.5 Å². The fourth-order valence-corrected chi connectivity index (χ4v) is 2.63. The van der Waals surface area contributed by atoms with E-state index in [4.69, 9.17) is 6.42 Å². The molecule has 0 atom stereocenters. The van der Waals surface area contributed by atoms with Crippen LogP contribution in [0.1, 0.15) is 16.1 Å². The van der Waals surface area contributed by atoms with Crippen LogP contribution in [-0.4, -0.2) is 10.5 Å². The van der Waals surface area contributed by atoms with Gasteiger partial charge in [-0.05, 0) is 30.3 Å². The highest BCUT2D eigenvalue weighted by Crippen LogP contribution is 2.18. The van der Waals surface area contributed by atoms with Gasteiger partial charge in [-0.25, -0.2) is 0 Å². The second-order valence-electron chi connectivity index (χ2n) is 5.32. The molecular formula is C20H13N3O2. The molecule has 3 rings (SSSR count). The maximum atomic E-state index is 12.7. The number of nitrogens with zero attached hydrogens (tertiary/aromatic N) is 2. The number of fused-ring (bicyclic) bond motifs is 1. The Morgan fingerprint density at radius 3 is 2.56 bits per heavy atom. The highest BCUT2D eigenvalue weighted by molar-refractivity contribution is 6.05. The van der Waals surface area contributed by atoms with Crippen LogP contribution in [0.3, 0.4) is 0 Å². The molecule has 0 spiro atoms. The van der Waals surface area contributed by atoms with Gasteiger partial charge in [-0.3, -0.25) is 14.2 Å². The summed E-state index contributed by atoms with van der Waals surface area (Å²) in [6, 6.07) is 17.3. The topological polar surface area (TPSA) is 74.9 Å². The molecule has 0 aliphatic heterocycles. The summed E-state index contributed by atoms with van der Waals surface area (Å²) in [5.41, 5.74) is 0.643. The molecule has 5 nitrogen and oxygen atoms in total. The minimum absolute atomic E-state index is 0.0386. The van der Waals surface area contributed by atoms with Crippen LogP contribution in [-0.2, 0) is 6.54 Å². The van der Waals surface area contributed by atoms with Gasteiger partial charge in [0.15, 0.2) is 0 Å². The van der Waals surface area contributed by atoms with Crippen LogP contribution < -0.4 is 10.9 Å². The fourth-order valence-electron chi connectivity index (χ4n) is 2.63. The first-order valence-corrected chi connectivity index (χ1v) is 7.52. The number of anilines is 1. The quantitative estimate of drug-likeness (QED) is 0.752. The van der Waals surface area contributed by atoms with Crippen LogP contribution in [0.4, 0.5) is 5.69 Å². The minimum Gasteiger partial charge on any atom is -0.321 e. The molecule has 1 amide bonds. The number of hydrogen-bond donors (Lipinski definition) is 1. The van der Waals surface area contributed by atoms with Gasteiger partial charge in [0.2, 0.25) is 0 Å². The third-order valence-electron chi connectivity index (χ3n) is 3.79. The number of para-hydroxylation sites is 1. The molecule has 0 radical (unpaired) electrons. The molecule has 1 heterocycles. The van der Waals surface area contributed by atoms with Gasteiger partial charge >= 0.3 is 0 Å². The van der Waals surface area contributed by atoms with Crippen LogP contribution in [0.5, 0.6) is 0 Å². The van der Waals surface area contributed by atoms with E-state index in [-0.39, 0.29) is 12.2 Å². The molecule has 2 aromatic carbocycles. The van der Waals surface area contributed by atoms with Crippen molar-refractivity contribution in [1.82, 2.24) is 4.57 Å². The number of pyridine rings is 1. The Hall–Kier alpha value is -3.83. The van der Waals surface area contributed by atoms with Crippen LogP contribution in [0, 0.1) is 23.7 Å². The van der Waals surface area contributed by atoms with Crippen molar-refractivity contribution < 1.29 is 4.79 Å². The first kappa shape index (κ1) is 16.0. The molecule has 0 aliphatic rings. The van der Waals surface area contributed by atoms with Crippen molar-refractivity contribution in [3.8, 4) is 18.4 Å². The summed E-state index contributed by atoms with van der Waals surface area (Å²) in [6.07, 6.45) is 5.36. The predicted molar refractivity (Wildman–Crippen MR) is 96.2 cm³/mol. The number of benzene rings is 2. The van der Waals surface area contributed by atoms with Crippen LogP contribution >= 0.6 is 0 Å². The first-order chi connectivity index (χ1) is 12.2. The number of rotatable bonds is 3. The predicted octanol–water partition coefficient (Wildman–Crippen LogP) is 2.76. The molecule has 0 saturated heterocycles. The van der Waals surface area contributed by atoms with Crippen molar-refractivity contribution in [1.29, 1.82) is 5.26 Å². The van der Waals surface area contributed by atoms with E-state index in [2.05, 4.69) is 11.2 Å². The molecule has 0 unspecified atom stereocenters. The Balaban J connectivity index is 2.21. The van der Waals surface area contributed by atoms with Crippen molar-refractivity contribution in [2.24, 2.45) is 0 Å². The number of carbonyl (C=O) groups is 1. The van der Waals surface area contributed by atoms with Crippen LogP contribution in [0.25, 0.3) is 10.8 Å². The number of aromatic nitrogens is 1. The maximum Gasteiger partial charge on any atom is 0.272 e. The number of terminal acetylenes is 1. The fraction of sp³-hybridized carbons (Fsp3) is 0.0500. The van der Waals surface area contributed by atoms with E-state index in [1.54, 1.807) is 42.5 Å². The zero-order chi connectivity index (χ0) is 17.8. The van der Waals surface area contributed by atoms with Gasteiger partial charge in [0.25, 0.3) is 11.5 Å². The zero-order valence-corrected chi connectivity index (χ0v) is 13.2. The lowest BCUT2D eigenvalue weighted by Gasteiger charge is -2.13. The smallest absolute Gasteiger partial charge is 0.272 e. The third kappa shape index (κ3) is 2.99. The monoisotopic (exact) mass is 327 g/mol. The van der Waals surface area contributed by atoms with E-state index in [1.165, 1.54) is 10.6 Å². The molecule has 0 saturated carbocycles. The number of hydrogen-bond acceptors (Lipinski definition) is 3. The molecule has 1 aromatic heterocycles. The van der Waals surface area contributed by atoms with E-state index in [9.17, 15) is 14.9 Å². The Kier molecular flexibility index (Phi) is 4.32. The summed E-state index contributed by atoms with van der Waals surface area (Å²) < 4.78 is 1.24. The van der Waals surface area contributed by atoms with Crippen LogP contribution in [0.2, 0.25) is 0 Å². The van der Waals surface area contributed by atoms with E-state index in [0.29, 0.717) is 22.0 Å². The Bertz CT molecular complexity index is 1100. The van der Waals surface area contributed by atoms with Gasteiger partial charge in [-0.2, -0.15) is 5.26 Å². The van der Waals surface area contributed by atoms with E-state index in [0.717, 1.165) is 0 Å². The Labute approximate surface area is 144 Å². The molecule has 0 bridgehead atoms. The van der Waals surface area contributed by atoms with Crippen molar-refractivity contribution >= 4 is 22.4 Å². The van der Waals surface area contributed by atoms with E-state index >= 15 is 0 Å². The zero-order valence-electron chi connectivity index (χ0n) is 13.2. The van der Waals surface area contributed by atoms with Crippen molar-refractivity contribution in [2.75, 3.05) is 5.32 Å². The molecule has 0 fully saturated rings. The van der Waals surface area contributed by atoms with Gasteiger partial charge < -0.3 is 5.32 Å². The van der Waals surface area contributed by atoms with Crippen molar-refractivity contribution in [3.05, 3.63) is 76.2 Å². The number of nitriles is 1. The summed E-state index contributed by atoms with van der Waals surface area (Å²) in [5, 5.41) is 12.8. The molecule has 5 heteroatoms. The van der Waals surface area contributed by atoms with E-state index < -0.39 is 11.5 Å². The Morgan fingerprint density at radius 2 is 1.88 bits per heavy atom. The lowest BCUT2D eigenvalue weighted by atomic mass is 10.1. The largest absolute Gasteiger partial charge is 0.321 e. The summed E-state index contributed by atoms with van der Waals surface area (Å²) in [7, 11) is 0. The highest BCUT2D eigenvalue weighted by atomic mass is 16.2. The summed E-state index contributed by atoms with van der Waals surface area (Å²) >= 11 is 0. The molecular weight excluding hydrogens is 314 g/mol. The summed E-state index contributed by atoms with van der Waals surface area (Å²) in [6.45, 7) is -0.0386. The van der Waals surface area contributed by atoms with Crippen molar-refractivity contribution in [3.63, 3.8) is 0 Å². The highest BCUT2D eigenvalue weighted by Gasteiger charge is 2.17. The van der Waals surface area contributed by atoms with Gasteiger partial charge in [0.05, 0.1) is 18.2 Å². The maximum absolute atomic E-state index is 12.7. The SMILES string of the molecule is C#CCn1c(C(=O)Nc2ccccc2)cc2c(C#N)cccc2c1=O. The molecule has 0 aliphatic carbocycles. The minimum atomic E-state index is -0.465. The molecule has 25 heavy (non-hydrogen) atoms. The second kappa shape index (κ2) is 6.74. The number of carbonyl (C=O) groups excluding carboxylic acids is 1. The summed E-state index contributed by atoms with van der Waals surface area (Å²) in [5.74, 6) is 1.93. The molecule has 120 valence electrons. The molecule has 3 aromatic rings. The lowest BCUT2D eigenvalue weighted by Crippen LogP contribution is -2.28. The average Bonchev–Trinajstić information content (AvgIpc) is 2.64. The Morgan fingerprint density at radius 1 is 1.12 bits per heavy atom. The standard InChI is InChI=1S/C20H13N3O2/c1-2-11-23-18(19(24)22-15-8-4-3-5-9-15)12-17-14(13-21)7-6-10-16(17)20(23)25/h1,3-10,12H,11H2,(H,22,24). The third-order valence-corrected chi connectivity index (χ3v) is 3.79. The van der Waals surface area contributed by atoms with Gasteiger partial charge in [-0.15, -0.1) is 6.42 Å². The normalized spacial score (nSPS) is 10.0. The first-order valence-electron chi connectivity index (χ1n) is 7.52.